The monoisotopic (exact) mass is 405 g/mol. The predicted molar refractivity (Wildman–Crippen MR) is 115 cm³/mol. The second-order valence-corrected chi connectivity index (χ2v) is 8.14. The number of hydrogen-bond donors (Lipinski definition) is 1. The predicted octanol–water partition coefficient (Wildman–Crippen LogP) is 3.47. The van der Waals surface area contributed by atoms with Crippen LogP contribution in [0.2, 0.25) is 0 Å². The van der Waals surface area contributed by atoms with E-state index in [1.54, 1.807) is 10.9 Å². The van der Waals surface area contributed by atoms with Crippen LogP contribution in [0.5, 0.6) is 5.75 Å². The van der Waals surface area contributed by atoms with Crippen molar-refractivity contribution in [3.63, 3.8) is 0 Å². The van der Waals surface area contributed by atoms with Gasteiger partial charge in [0.2, 0.25) is 0 Å². The van der Waals surface area contributed by atoms with Gasteiger partial charge in [-0.05, 0) is 51.0 Å². The van der Waals surface area contributed by atoms with Gasteiger partial charge in [-0.25, -0.2) is 0 Å². The topological polar surface area (TPSA) is 64.3 Å². The van der Waals surface area contributed by atoms with Gasteiger partial charge in [-0.1, -0.05) is 0 Å². The molecule has 0 bridgehead atoms. The minimum absolute atomic E-state index is 0.0701. The number of piperidine rings is 1. The highest BCUT2D eigenvalue weighted by molar-refractivity contribution is 5.95. The van der Waals surface area contributed by atoms with Crippen LogP contribution in [0.4, 0.5) is 5.69 Å². The molecule has 1 N–H and O–H groups in total. The van der Waals surface area contributed by atoms with E-state index in [0.717, 1.165) is 35.7 Å². The lowest BCUT2D eigenvalue weighted by molar-refractivity contribution is 0.0675. The Balaban J connectivity index is 1.42. The quantitative estimate of drug-likeness (QED) is 0.725. The molecule has 3 aromatic rings. The first-order valence-electron chi connectivity index (χ1n) is 10.5. The van der Waals surface area contributed by atoms with E-state index in [0.29, 0.717) is 25.3 Å². The van der Waals surface area contributed by atoms with Crippen LogP contribution in [0, 0.1) is 6.92 Å². The van der Waals surface area contributed by atoms with Crippen LogP contribution in [-0.4, -0.2) is 44.9 Å². The second kappa shape index (κ2) is 6.93. The maximum atomic E-state index is 13.0. The summed E-state index contributed by atoms with van der Waals surface area (Å²) in [5.74, 6) is 0.940. The van der Waals surface area contributed by atoms with E-state index in [2.05, 4.69) is 45.4 Å². The number of carbonyl (C=O) groups excluding carboxylic acids is 1. The highest BCUT2D eigenvalue weighted by Crippen LogP contribution is 2.44. The van der Waals surface area contributed by atoms with E-state index >= 15 is 0 Å². The molecule has 0 atom stereocenters. The normalized spacial score (nSPS) is 16.7. The Morgan fingerprint density at radius 2 is 2.07 bits per heavy atom. The van der Waals surface area contributed by atoms with Crippen molar-refractivity contribution < 1.29 is 9.53 Å². The van der Waals surface area contributed by atoms with E-state index in [-0.39, 0.29) is 11.4 Å². The van der Waals surface area contributed by atoms with Gasteiger partial charge < -0.3 is 19.5 Å². The molecule has 1 fully saturated rings. The van der Waals surface area contributed by atoms with E-state index in [1.165, 1.54) is 5.69 Å². The number of aryl methyl sites for hydroxylation is 1. The van der Waals surface area contributed by atoms with Crippen LogP contribution in [0.3, 0.4) is 0 Å². The van der Waals surface area contributed by atoms with Crippen molar-refractivity contribution >= 4 is 11.6 Å². The Labute approximate surface area is 176 Å². The molecule has 156 valence electrons. The van der Waals surface area contributed by atoms with Gasteiger partial charge in [-0.15, -0.1) is 0 Å². The molecule has 2 aliphatic heterocycles. The number of benzene rings is 1. The Kier molecular flexibility index (Phi) is 4.34. The summed E-state index contributed by atoms with van der Waals surface area (Å²) >= 11 is 0. The molecule has 1 spiro atoms. The number of likely N-dealkylation sites (tertiary alicyclic amines) is 1. The second-order valence-electron chi connectivity index (χ2n) is 8.14. The van der Waals surface area contributed by atoms with Crippen molar-refractivity contribution in [1.82, 2.24) is 19.2 Å². The third-order valence-corrected chi connectivity index (χ3v) is 6.52. The molecular weight excluding hydrogens is 378 g/mol. The molecule has 5 rings (SSSR count). The van der Waals surface area contributed by atoms with E-state index in [9.17, 15) is 4.79 Å². The van der Waals surface area contributed by atoms with Crippen LogP contribution in [0.15, 0.2) is 42.7 Å². The van der Waals surface area contributed by atoms with Gasteiger partial charge in [0.1, 0.15) is 5.75 Å². The molecule has 1 saturated heterocycles. The van der Waals surface area contributed by atoms with E-state index < -0.39 is 0 Å². The lowest BCUT2D eigenvalue weighted by Gasteiger charge is -2.46. The van der Waals surface area contributed by atoms with E-state index in [4.69, 9.17) is 4.74 Å². The fraction of sp³-hybridized carbons (Fsp3) is 0.391. The number of anilines is 1. The van der Waals surface area contributed by atoms with Gasteiger partial charge in [0.05, 0.1) is 35.3 Å². The zero-order valence-corrected chi connectivity index (χ0v) is 17.7. The molecule has 1 amide bonds. The lowest BCUT2D eigenvalue weighted by Crippen LogP contribution is -2.51. The fourth-order valence-corrected chi connectivity index (χ4v) is 4.74. The van der Waals surface area contributed by atoms with Crippen LogP contribution in [-0.2, 0) is 12.6 Å². The lowest BCUT2D eigenvalue weighted by atomic mass is 9.82. The summed E-state index contributed by atoms with van der Waals surface area (Å²) in [6, 6.07) is 10.5. The molecule has 30 heavy (non-hydrogen) atoms. The van der Waals surface area contributed by atoms with Gasteiger partial charge >= 0.3 is 0 Å². The minimum atomic E-state index is -0.192. The Bertz CT molecular complexity index is 1100. The van der Waals surface area contributed by atoms with Gasteiger partial charge in [-0.3, -0.25) is 9.48 Å². The molecule has 1 aromatic carbocycles. The highest BCUT2D eigenvalue weighted by atomic mass is 16.5. The number of ether oxygens (including phenoxy) is 1. The molecular formula is C23H27N5O2. The average molecular weight is 406 g/mol. The van der Waals surface area contributed by atoms with Crippen LogP contribution in [0.25, 0.3) is 5.69 Å². The Hall–Kier alpha value is -3.22. The Morgan fingerprint density at radius 1 is 1.27 bits per heavy atom. The molecule has 0 saturated carbocycles. The van der Waals surface area contributed by atoms with Crippen molar-refractivity contribution in [2.75, 3.05) is 25.0 Å². The largest absolute Gasteiger partial charge is 0.494 e. The van der Waals surface area contributed by atoms with Crippen molar-refractivity contribution in [3.8, 4) is 11.4 Å². The number of hydrogen-bond acceptors (Lipinski definition) is 4. The maximum absolute atomic E-state index is 13.0. The first kappa shape index (κ1) is 18.8. The fourth-order valence-electron chi connectivity index (χ4n) is 4.74. The summed E-state index contributed by atoms with van der Waals surface area (Å²) in [5, 5.41) is 8.04. The zero-order valence-electron chi connectivity index (χ0n) is 17.7. The van der Waals surface area contributed by atoms with Crippen LogP contribution >= 0.6 is 0 Å². The van der Waals surface area contributed by atoms with Crippen molar-refractivity contribution in [2.24, 2.45) is 7.05 Å². The molecule has 4 heterocycles. The minimum Gasteiger partial charge on any atom is -0.494 e. The summed E-state index contributed by atoms with van der Waals surface area (Å²) in [6.07, 6.45) is 5.49. The summed E-state index contributed by atoms with van der Waals surface area (Å²) in [5.41, 5.74) is 4.87. The molecule has 7 nitrogen and oxygen atoms in total. The molecule has 0 aliphatic carbocycles. The van der Waals surface area contributed by atoms with Crippen LogP contribution < -0.4 is 10.1 Å². The first-order chi connectivity index (χ1) is 14.5. The third-order valence-electron chi connectivity index (χ3n) is 6.52. The number of nitrogens with zero attached hydrogens (tertiary/aromatic N) is 4. The van der Waals surface area contributed by atoms with Crippen molar-refractivity contribution in [1.29, 1.82) is 0 Å². The van der Waals surface area contributed by atoms with Crippen molar-refractivity contribution in [3.05, 3.63) is 59.7 Å². The van der Waals surface area contributed by atoms with Gasteiger partial charge in [0, 0.05) is 43.8 Å². The van der Waals surface area contributed by atoms with Gasteiger partial charge in [-0.2, -0.15) is 5.10 Å². The Morgan fingerprint density at radius 3 is 2.77 bits per heavy atom. The standard InChI is InChI=1S/C23H27N5O2/c1-4-30-17-7-8-20-19(14-17)25-23(21-6-5-11-28(20)21)9-12-27(13-10-23)22(29)18-15-24-26(3)16(18)2/h5-8,11,14-15,25H,4,9-10,12-13H2,1-3H3. The smallest absolute Gasteiger partial charge is 0.257 e. The number of rotatable bonds is 3. The maximum Gasteiger partial charge on any atom is 0.257 e. The molecule has 0 unspecified atom stereocenters. The molecule has 2 aliphatic rings. The molecule has 0 radical (unpaired) electrons. The summed E-state index contributed by atoms with van der Waals surface area (Å²) in [4.78, 5) is 15.0. The molecule has 2 aromatic heterocycles. The van der Waals surface area contributed by atoms with Gasteiger partial charge in [0.25, 0.3) is 5.91 Å². The van der Waals surface area contributed by atoms with Crippen LogP contribution in [0.1, 0.15) is 41.5 Å². The van der Waals surface area contributed by atoms with Gasteiger partial charge in [0.15, 0.2) is 0 Å². The zero-order chi connectivity index (χ0) is 20.9. The van der Waals surface area contributed by atoms with E-state index in [1.807, 2.05) is 31.9 Å². The number of carbonyl (C=O) groups is 1. The SMILES string of the molecule is CCOc1ccc2c(c1)NC1(CCN(C(=O)c3cnn(C)c3C)CC1)c1cccn1-2. The summed E-state index contributed by atoms with van der Waals surface area (Å²) in [6.45, 7) is 5.98. The number of aromatic nitrogens is 3. The summed E-state index contributed by atoms with van der Waals surface area (Å²) in [7, 11) is 1.87. The highest BCUT2D eigenvalue weighted by Gasteiger charge is 2.42. The first-order valence-corrected chi connectivity index (χ1v) is 10.5. The number of amides is 1. The number of nitrogens with one attached hydrogen (secondary N) is 1. The summed E-state index contributed by atoms with van der Waals surface area (Å²) < 4.78 is 9.74. The number of fused-ring (bicyclic) bond motifs is 4. The van der Waals surface area contributed by atoms with Crippen molar-refractivity contribution in [2.45, 2.75) is 32.2 Å². The third kappa shape index (κ3) is 2.80. The molecule has 7 heteroatoms. The average Bonchev–Trinajstić information content (AvgIpc) is 3.37.